The van der Waals surface area contributed by atoms with Crippen LogP contribution in [0.25, 0.3) is 10.8 Å². The molecule has 2 aromatic carbocycles. The molecule has 0 radical (unpaired) electrons. The number of aliphatic carboxylic acids is 1. The van der Waals surface area contributed by atoms with Gasteiger partial charge in [0, 0.05) is 17.7 Å². The fourth-order valence-electron chi connectivity index (χ4n) is 2.32. The Morgan fingerprint density at radius 3 is 2.73 bits per heavy atom. The lowest BCUT2D eigenvalue weighted by Gasteiger charge is -2.07. The molecule has 0 aliphatic rings. The van der Waals surface area contributed by atoms with Gasteiger partial charge in [-0.25, -0.2) is 18.1 Å². The van der Waals surface area contributed by atoms with Crippen molar-refractivity contribution in [2.24, 2.45) is 0 Å². The molecule has 3 aromatic rings. The van der Waals surface area contributed by atoms with Crippen molar-refractivity contribution in [1.82, 2.24) is 9.71 Å². The predicted octanol–water partition coefficient (Wildman–Crippen LogP) is 2.99. The highest BCUT2D eigenvalue weighted by Crippen LogP contribution is 2.23. The van der Waals surface area contributed by atoms with Gasteiger partial charge in [-0.15, -0.1) is 11.3 Å². The van der Waals surface area contributed by atoms with Crippen LogP contribution >= 0.6 is 23.1 Å². The van der Waals surface area contributed by atoms with Gasteiger partial charge in [-0.1, -0.05) is 42.1 Å². The van der Waals surface area contributed by atoms with Gasteiger partial charge < -0.3 is 5.11 Å². The molecule has 3 rings (SSSR count). The lowest BCUT2D eigenvalue weighted by Crippen LogP contribution is -2.26. The first-order valence-corrected chi connectivity index (χ1v) is 11.1. The number of thioether (sulfide) groups is 1. The molecule has 26 heavy (non-hydrogen) atoms. The van der Waals surface area contributed by atoms with Crippen LogP contribution in [0.1, 0.15) is 5.69 Å². The Morgan fingerprint density at radius 2 is 1.96 bits per heavy atom. The van der Waals surface area contributed by atoms with Crippen molar-refractivity contribution in [2.45, 2.75) is 15.7 Å². The van der Waals surface area contributed by atoms with E-state index >= 15 is 0 Å². The molecule has 0 aliphatic carbocycles. The van der Waals surface area contributed by atoms with Crippen LogP contribution in [-0.4, -0.2) is 36.8 Å². The molecule has 9 heteroatoms. The molecular formula is C17H16N2O4S3. The van der Waals surface area contributed by atoms with E-state index in [0.29, 0.717) is 11.4 Å². The van der Waals surface area contributed by atoms with Crippen molar-refractivity contribution in [3.63, 3.8) is 0 Å². The van der Waals surface area contributed by atoms with E-state index in [1.807, 2.05) is 24.3 Å². The number of hydrogen-bond acceptors (Lipinski definition) is 6. The Kier molecular flexibility index (Phi) is 5.92. The molecule has 0 atom stereocenters. The molecule has 0 bridgehead atoms. The molecule has 0 aliphatic heterocycles. The van der Waals surface area contributed by atoms with Crippen molar-refractivity contribution in [1.29, 1.82) is 0 Å². The van der Waals surface area contributed by atoms with E-state index in [0.717, 1.165) is 15.1 Å². The highest BCUT2D eigenvalue weighted by molar-refractivity contribution is 8.01. The first kappa shape index (κ1) is 18.8. The molecular weight excluding hydrogens is 392 g/mol. The number of nitrogens with one attached hydrogen (secondary N) is 1. The minimum atomic E-state index is -3.57. The third-order valence-corrected chi connectivity index (χ3v) is 7.04. The molecule has 6 nitrogen and oxygen atoms in total. The molecule has 0 spiro atoms. The van der Waals surface area contributed by atoms with E-state index in [9.17, 15) is 13.2 Å². The molecule has 136 valence electrons. The van der Waals surface area contributed by atoms with E-state index in [1.54, 1.807) is 23.6 Å². The summed E-state index contributed by atoms with van der Waals surface area (Å²) >= 11 is 2.75. The quantitative estimate of drug-likeness (QED) is 0.439. The van der Waals surface area contributed by atoms with Gasteiger partial charge in [0.25, 0.3) is 0 Å². The second-order valence-corrected chi connectivity index (χ2v) is 9.40. The van der Waals surface area contributed by atoms with E-state index in [-0.39, 0.29) is 17.9 Å². The van der Waals surface area contributed by atoms with Gasteiger partial charge in [0.15, 0.2) is 0 Å². The standard InChI is InChI=1S/C17H16N2O4S3/c20-16(21)10-14-11-25-17(19-14)24-8-7-18-26(22,23)15-6-5-12-3-1-2-4-13(12)9-15/h1-6,9,11,18H,7-8,10H2,(H,20,21). The zero-order valence-corrected chi connectivity index (χ0v) is 16.0. The molecule has 0 saturated carbocycles. The lowest BCUT2D eigenvalue weighted by molar-refractivity contribution is -0.136. The average molecular weight is 409 g/mol. The number of hydrogen-bond donors (Lipinski definition) is 2. The van der Waals surface area contributed by atoms with Gasteiger partial charge in [-0.3, -0.25) is 4.79 Å². The van der Waals surface area contributed by atoms with Crippen LogP contribution < -0.4 is 4.72 Å². The van der Waals surface area contributed by atoms with Crippen LogP contribution in [0.5, 0.6) is 0 Å². The highest BCUT2D eigenvalue weighted by atomic mass is 32.2. The summed E-state index contributed by atoms with van der Waals surface area (Å²) in [5.41, 5.74) is 0.516. The third-order valence-electron chi connectivity index (χ3n) is 3.51. The summed E-state index contributed by atoms with van der Waals surface area (Å²) in [5, 5.41) is 12.3. The van der Waals surface area contributed by atoms with Gasteiger partial charge >= 0.3 is 5.97 Å². The number of rotatable bonds is 8. The molecule has 1 aromatic heterocycles. The maximum Gasteiger partial charge on any atom is 0.309 e. The number of thiazole rings is 1. The normalized spacial score (nSPS) is 11.7. The minimum Gasteiger partial charge on any atom is -0.481 e. The summed E-state index contributed by atoms with van der Waals surface area (Å²) in [6.45, 7) is 0.258. The van der Waals surface area contributed by atoms with Gasteiger partial charge in [-0.05, 0) is 22.9 Å². The molecule has 0 amide bonds. The van der Waals surface area contributed by atoms with Gasteiger partial charge in [0.1, 0.15) is 4.34 Å². The van der Waals surface area contributed by atoms with Crippen molar-refractivity contribution in [3.8, 4) is 0 Å². The van der Waals surface area contributed by atoms with Gasteiger partial charge in [0.05, 0.1) is 17.0 Å². The maximum absolute atomic E-state index is 12.4. The maximum atomic E-state index is 12.4. The van der Waals surface area contributed by atoms with Crippen molar-refractivity contribution in [3.05, 3.63) is 53.5 Å². The molecule has 1 heterocycles. The van der Waals surface area contributed by atoms with Crippen molar-refractivity contribution < 1.29 is 18.3 Å². The van der Waals surface area contributed by atoms with E-state index in [4.69, 9.17) is 5.11 Å². The zero-order chi connectivity index (χ0) is 18.6. The average Bonchev–Trinajstić information content (AvgIpc) is 3.05. The monoisotopic (exact) mass is 408 g/mol. The number of aromatic nitrogens is 1. The second kappa shape index (κ2) is 8.17. The number of carbonyl (C=O) groups is 1. The Hall–Kier alpha value is -1.94. The zero-order valence-electron chi connectivity index (χ0n) is 13.6. The first-order valence-electron chi connectivity index (χ1n) is 7.71. The van der Waals surface area contributed by atoms with E-state index in [2.05, 4.69) is 9.71 Å². The lowest BCUT2D eigenvalue weighted by atomic mass is 10.1. The third kappa shape index (κ3) is 4.82. The highest BCUT2D eigenvalue weighted by Gasteiger charge is 2.14. The summed E-state index contributed by atoms with van der Waals surface area (Å²) in [5.74, 6) is -0.415. The fourth-order valence-corrected chi connectivity index (χ4v) is 5.29. The minimum absolute atomic E-state index is 0.106. The number of nitrogens with zero attached hydrogens (tertiary/aromatic N) is 1. The Bertz CT molecular complexity index is 1030. The van der Waals surface area contributed by atoms with Crippen LogP contribution in [-0.2, 0) is 21.2 Å². The number of fused-ring (bicyclic) bond motifs is 1. The Labute approximate surface area is 159 Å². The summed E-state index contributed by atoms with van der Waals surface area (Å²) in [6, 6.07) is 12.6. The smallest absolute Gasteiger partial charge is 0.309 e. The Balaban J connectivity index is 1.56. The largest absolute Gasteiger partial charge is 0.481 e. The number of sulfonamides is 1. The SMILES string of the molecule is O=C(O)Cc1csc(SCCNS(=O)(=O)c2ccc3ccccc3c2)n1. The fraction of sp³-hybridized carbons (Fsp3) is 0.176. The summed E-state index contributed by atoms with van der Waals surface area (Å²) in [7, 11) is -3.57. The van der Waals surface area contributed by atoms with Crippen molar-refractivity contribution in [2.75, 3.05) is 12.3 Å². The summed E-state index contributed by atoms with van der Waals surface area (Å²) < 4.78 is 28.1. The predicted molar refractivity (Wildman–Crippen MR) is 103 cm³/mol. The number of carboxylic acids is 1. The van der Waals surface area contributed by atoms with Crippen LogP contribution in [0.3, 0.4) is 0 Å². The van der Waals surface area contributed by atoms with Crippen LogP contribution in [0.15, 0.2) is 57.1 Å². The summed E-state index contributed by atoms with van der Waals surface area (Å²) in [4.78, 5) is 15.1. The topological polar surface area (TPSA) is 96.4 Å². The van der Waals surface area contributed by atoms with Crippen LogP contribution in [0.4, 0.5) is 0 Å². The van der Waals surface area contributed by atoms with Crippen LogP contribution in [0.2, 0.25) is 0 Å². The molecule has 0 saturated heterocycles. The second-order valence-electron chi connectivity index (χ2n) is 5.43. The number of carboxylic acid groups (broad SMARTS) is 1. The van der Waals surface area contributed by atoms with Gasteiger partial charge in [-0.2, -0.15) is 0 Å². The number of benzene rings is 2. The van der Waals surface area contributed by atoms with Crippen LogP contribution in [0, 0.1) is 0 Å². The molecule has 0 fully saturated rings. The first-order chi connectivity index (χ1) is 12.4. The molecule has 0 unspecified atom stereocenters. The van der Waals surface area contributed by atoms with Gasteiger partial charge in [0.2, 0.25) is 10.0 Å². The molecule has 2 N–H and O–H groups in total. The summed E-state index contributed by atoms with van der Waals surface area (Å²) in [6.07, 6.45) is -0.106. The van der Waals surface area contributed by atoms with Crippen molar-refractivity contribution >= 4 is 49.9 Å². The van der Waals surface area contributed by atoms with E-state index < -0.39 is 16.0 Å². The van der Waals surface area contributed by atoms with E-state index in [1.165, 1.54) is 23.1 Å². The Morgan fingerprint density at radius 1 is 1.19 bits per heavy atom.